The molecule has 0 aliphatic carbocycles. The lowest BCUT2D eigenvalue weighted by atomic mass is 10.1. The van der Waals surface area contributed by atoms with Gasteiger partial charge in [0.2, 0.25) is 5.91 Å². The molecule has 5 heteroatoms. The number of fused-ring (bicyclic) bond motifs is 1. The number of nitrogens with one attached hydrogen (secondary N) is 2. The zero-order chi connectivity index (χ0) is 17.1. The Bertz CT molecular complexity index is 880. The monoisotopic (exact) mass is 323 g/mol. The van der Waals surface area contributed by atoms with Gasteiger partial charge in [-0.3, -0.25) is 4.79 Å². The van der Waals surface area contributed by atoms with Gasteiger partial charge in [0.1, 0.15) is 17.4 Å². The van der Waals surface area contributed by atoms with Crippen molar-refractivity contribution in [3.63, 3.8) is 0 Å². The summed E-state index contributed by atoms with van der Waals surface area (Å²) in [6.07, 6.45) is 0. The third-order valence-electron chi connectivity index (χ3n) is 3.72. The van der Waals surface area contributed by atoms with Crippen molar-refractivity contribution in [1.82, 2.24) is 4.98 Å². The predicted octanol–water partition coefficient (Wildman–Crippen LogP) is 4.12. The summed E-state index contributed by atoms with van der Waals surface area (Å²) >= 11 is 0. The molecule has 0 saturated heterocycles. The summed E-state index contributed by atoms with van der Waals surface area (Å²) in [5.74, 6) is -0.541. The molecule has 2 N–H and O–H groups in total. The molecule has 0 bridgehead atoms. The molecule has 0 aliphatic rings. The predicted molar refractivity (Wildman–Crippen MR) is 94.6 cm³/mol. The van der Waals surface area contributed by atoms with Gasteiger partial charge in [-0.25, -0.2) is 9.37 Å². The highest BCUT2D eigenvalue weighted by molar-refractivity contribution is 5.99. The largest absolute Gasteiger partial charge is 0.373 e. The number of carbonyl (C=O) groups excluding carboxylic acids is 1. The molecule has 122 valence electrons. The number of rotatable bonds is 4. The van der Waals surface area contributed by atoms with Gasteiger partial charge in [-0.1, -0.05) is 30.3 Å². The van der Waals surface area contributed by atoms with Crippen LogP contribution < -0.4 is 10.6 Å². The number of anilines is 2. The average molecular weight is 323 g/mol. The number of benzene rings is 2. The minimum absolute atomic E-state index is 0.166. The summed E-state index contributed by atoms with van der Waals surface area (Å²) in [5.41, 5.74) is 2.41. The number of para-hydroxylation sites is 2. The Labute approximate surface area is 139 Å². The number of aromatic nitrogens is 1. The van der Waals surface area contributed by atoms with Crippen molar-refractivity contribution in [1.29, 1.82) is 0 Å². The summed E-state index contributed by atoms with van der Waals surface area (Å²) in [6.45, 7) is 3.56. The molecule has 24 heavy (non-hydrogen) atoms. The maximum atomic E-state index is 14.0. The number of amides is 1. The number of pyridine rings is 1. The minimum atomic E-state index is -0.488. The lowest BCUT2D eigenvalue weighted by Gasteiger charge is -2.17. The van der Waals surface area contributed by atoms with Crippen molar-refractivity contribution in [3.05, 3.63) is 66.1 Å². The van der Waals surface area contributed by atoms with Gasteiger partial charge >= 0.3 is 0 Å². The fourth-order valence-electron chi connectivity index (χ4n) is 2.53. The summed E-state index contributed by atoms with van der Waals surface area (Å²) in [4.78, 5) is 16.6. The molecule has 1 amide bonds. The first-order valence-electron chi connectivity index (χ1n) is 7.73. The molecular weight excluding hydrogens is 305 g/mol. The van der Waals surface area contributed by atoms with Crippen molar-refractivity contribution in [3.8, 4) is 0 Å². The molecule has 3 rings (SSSR count). The van der Waals surface area contributed by atoms with E-state index in [1.165, 1.54) is 6.07 Å². The molecule has 1 atom stereocenters. The summed E-state index contributed by atoms with van der Waals surface area (Å²) < 4.78 is 14.0. The molecule has 0 spiro atoms. The molecule has 0 aliphatic heterocycles. The van der Waals surface area contributed by atoms with Crippen LogP contribution in [0.3, 0.4) is 0 Å². The maximum Gasteiger partial charge on any atom is 0.246 e. The van der Waals surface area contributed by atoms with E-state index >= 15 is 0 Å². The van der Waals surface area contributed by atoms with E-state index in [1.807, 2.05) is 36.4 Å². The van der Waals surface area contributed by atoms with Crippen LogP contribution in [0.4, 0.5) is 15.8 Å². The second-order valence-electron chi connectivity index (χ2n) is 5.67. The van der Waals surface area contributed by atoms with Crippen LogP contribution in [-0.2, 0) is 4.79 Å². The number of carbonyl (C=O) groups is 1. The van der Waals surface area contributed by atoms with E-state index in [4.69, 9.17) is 0 Å². The Balaban J connectivity index is 1.84. The quantitative estimate of drug-likeness (QED) is 0.759. The molecule has 0 fully saturated rings. The van der Waals surface area contributed by atoms with E-state index in [-0.39, 0.29) is 11.7 Å². The number of aryl methyl sites for hydroxylation is 1. The molecule has 3 aromatic rings. The summed E-state index contributed by atoms with van der Waals surface area (Å²) in [5, 5.41) is 6.65. The van der Waals surface area contributed by atoms with E-state index < -0.39 is 6.04 Å². The second kappa shape index (κ2) is 6.66. The number of hydrogen-bond acceptors (Lipinski definition) is 3. The van der Waals surface area contributed by atoms with Gasteiger partial charge in [-0.15, -0.1) is 0 Å². The first kappa shape index (κ1) is 15.9. The highest BCUT2D eigenvalue weighted by Gasteiger charge is 2.15. The van der Waals surface area contributed by atoms with Gasteiger partial charge in [0.05, 0.1) is 0 Å². The van der Waals surface area contributed by atoms with Crippen LogP contribution in [0.1, 0.15) is 12.6 Å². The molecule has 4 nitrogen and oxygen atoms in total. The number of hydrogen-bond donors (Lipinski definition) is 2. The Morgan fingerprint density at radius 2 is 1.88 bits per heavy atom. The Morgan fingerprint density at radius 1 is 1.12 bits per heavy atom. The highest BCUT2D eigenvalue weighted by Crippen LogP contribution is 2.25. The van der Waals surface area contributed by atoms with E-state index in [1.54, 1.807) is 26.0 Å². The van der Waals surface area contributed by atoms with Crippen LogP contribution in [0.25, 0.3) is 10.9 Å². The van der Waals surface area contributed by atoms with Crippen molar-refractivity contribution < 1.29 is 9.18 Å². The Morgan fingerprint density at radius 3 is 2.62 bits per heavy atom. The standard InChI is InChI=1S/C19H18FN3O/c1-12-11-17(15-9-6-10-16(20)18(15)21-12)22-13(2)19(24)23-14-7-4-3-5-8-14/h3-11,13H,1-2H3,(H,21,22)(H,23,24). The molecular formula is C19H18FN3O. The molecule has 2 aromatic carbocycles. The van der Waals surface area contributed by atoms with Crippen molar-refractivity contribution in [2.45, 2.75) is 19.9 Å². The van der Waals surface area contributed by atoms with E-state index in [0.29, 0.717) is 22.3 Å². The van der Waals surface area contributed by atoms with Crippen LogP contribution in [0.5, 0.6) is 0 Å². The lowest BCUT2D eigenvalue weighted by Crippen LogP contribution is -2.32. The first-order valence-corrected chi connectivity index (χ1v) is 7.73. The topological polar surface area (TPSA) is 54.0 Å². The average Bonchev–Trinajstić information content (AvgIpc) is 2.56. The zero-order valence-corrected chi connectivity index (χ0v) is 13.5. The van der Waals surface area contributed by atoms with Crippen LogP contribution in [0.2, 0.25) is 0 Å². The lowest BCUT2D eigenvalue weighted by molar-refractivity contribution is -0.116. The van der Waals surface area contributed by atoms with Gasteiger partial charge < -0.3 is 10.6 Å². The van der Waals surface area contributed by atoms with E-state index in [0.717, 1.165) is 5.69 Å². The van der Waals surface area contributed by atoms with Crippen molar-refractivity contribution in [2.24, 2.45) is 0 Å². The fourth-order valence-corrected chi connectivity index (χ4v) is 2.53. The molecule has 1 aromatic heterocycles. The Hall–Kier alpha value is -2.95. The van der Waals surface area contributed by atoms with Crippen LogP contribution in [-0.4, -0.2) is 16.9 Å². The van der Waals surface area contributed by atoms with Gasteiger partial charge in [0.25, 0.3) is 0 Å². The molecule has 1 unspecified atom stereocenters. The van der Waals surface area contributed by atoms with Gasteiger partial charge in [0, 0.05) is 22.5 Å². The maximum absolute atomic E-state index is 14.0. The molecule has 1 heterocycles. The summed E-state index contributed by atoms with van der Waals surface area (Å²) in [7, 11) is 0. The zero-order valence-electron chi connectivity index (χ0n) is 13.5. The third-order valence-corrected chi connectivity index (χ3v) is 3.72. The SMILES string of the molecule is Cc1cc(NC(C)C(=O)Nc2ccccc2)c2cccc(F)c2n1. The van der Waals surface area contributed by atoms with Crippen LogP contribution >= 0.6 is 0 Å². The minimum Gasteiger partial charge on any atom is -0.373 e. The van der Waals surface area contributed by atoms with E-state index in [9.17, 15) is 9.18 Å². The van der Waals surface area contributed by atoms with Crippen molar-refractivity contribution >= 4 is 28.2 Å². The normalized spacial score (nSPS) is 12.0. The summed E-state index contributed by atoms with van der Waals surface area (Å²) in [6, 6.07) is 15.4. The van der Waals surface area contributed by atoms with Gasteiger partial charge in [0.15, 0.2) is 0 Å². The molecule has 0 radical (unpaired) electrons. The first-order chi connectivity index (χ1) is 11.5. The highest BCUT2D eigenvalue weighted by atomic mass is 19.1. The smallest absolute Gasteiger partial charge is 0.246 e. The van der Waals surface area contributed by atoms with Gasteiger partial charge in [-0.05, 0) is 38.1 Å². The third kappa shape index (κ3) is 3.35. The van der Waals surface area contributed by atoms with Crippen LogP contribution in [0.15, 0.2) is 54.6 Å². The fraction of sp³-hybridized carbons (Fsp3) is 0.158. The van der Waals surface area contributed by atoms with Gasteiger partial charge in [-0.2, -0.15) is 0 Å². The number of halogens is 1. The van der Waals surface area contributed by atoms with Crippen molar-refractivity contribution in [2.75, 3.05) is 10.6 Å². The molecule has 0 saturated carbocycles. The number of nitrogens with zero attached hydrogens (tertiary/aromatic N) is 1. The van der Waals surface area contributed by atoms with E-state index in [2.05, 4.69) is 15.6 Å². The van der Waals surface area contributed by atoms with Crippen LogP contribution in [0, 0.1) is 12.7 Å². The Kier molecular flexibility index (Phi) is 4.42. The second-order valence-corrected chi connectivity index (χ2v) is 5.67.